The number of benzene rings is 4. The second-order valence-electron chi connectivity index (χ2n) is 12.5. The molecule has 294 valence electrons. The zero-order valence-electron chi connectivity index (χ0n) is 30.9. The third-order valence-electron chi connectivity index (χ3n) is 8.77. The number of anilines is 1. The van der Waals surface area contributed by atoms with Crippen LogP contribution in [-0.2, 0) is 42.4 Å². The maximum absolute atomic E-state index is 15.2. The molecule has 0 aliphatic carbocycles. The third-order valence-corrected chi connectivity index (χ3v) is 10.6. The highest BCUT2D eigenvalue weighted by atomic mass is 32.2. The van der Waals surface area contributed by atoms with E-state index >= 15 is 21.6 Å². The Hall–Kier alpha value is -6.48. The van der Waals surface area contributed by atoms with E-state index in [1.807, 2.05) is 0 Å². The first-order chi connectivity index (χ1) is 27.3. The Balaban J connectivity index is 1.57. The number of hydrogen-bond acceptors (Lipinski definition) is 11. The maximum atomic E-state index is 15.2. The minimum absolute atomic E-state index is 0.0428. The molecule has 2 aromatic heterocycles. The number of nitrogens with zero attached hydrogens (tertiary/aromatic N) is 6. The number of hydrogen-bond donors (Lipinski definition) is 2. The fourth-order valence-electron chi connectivity index (χ4n) is 5.78. The number of ether oxygens (including phenoxy) is 3. The number of aliphatic hydroxyl groups is 1. The number of alkyl halides is 3. The average Bonchev–Trinajstić information content (AvgIpc) is 3.68. The smallest absolute Gasteiger partial charge is 0.417 e. The number of pyridine rings is 1. The summed E-state index contributed by atoms with van der Waals surface area (Å²) in [5, 5.41) is 22.3. The molecule has 4 aromatic carbocycles. The molecule has 17 heteroatoms. The molecule has 3 N–H and O–H groups in total. The Labute approximate surface area is 326 Å². The van der Waals surface area contributed by atoms with E-state index in [9.17, 15) is 5.11 Å². The quantitative estimate of drug-likeness (QED) is 0.138. The summed E-state index contributed by atoms with van der Waals surface area (Å²) in [6.07, 6.45) is -3.84. The van der Waals surface area contributed by atoms with E-state index in [1.54, 1.807) is 72.8 Å². The van der Waals surface area contributed by atoms with Gasteiger partial charge in [-0.1, -0.05) is 48.2 Å². The first-order valence-electron chi connectivity index (χ1n) is 17.1. The number of aliphatic hydroxyl groups excluding tert-OH is 1. The van der Waals surface area contributed by atoms with Gasteiger partial charge in [-0.2, -0.15) is 22.3 Å². The number of sulfonamides is 1. The molecule has 0 aliphatic heterocycles. The number of nitrogens with two attached hydrogens (primary N) is 1. The Kier molecular flexibility index (Phi) is 12.1. The Morgan fingerprint density at radius 2 is 1.35 bits per heavy atom. The van der Waals surface area contributed by atoms with E-state index in [0.29, 0.717) is 40.0 Å². The summed E-state index contributed by atoms with van der Waals surface area (Å²) < 4.78 is 92.4. The first kappa shape index (κ1) is 40.2. The van der Waals surface area contributed by atoms with Gasteiger partial charge in [0, 0.05) is 36.0 Å². The van der Waals surface area contributed by atoms with Crippen LogP contribution < -0.4 is 19.9 Å². The molecular weight excluding hydrogens is 764 g/mol. The summed E-state index contributed by atoms with van der Waals surface area (Å²) in [6.45, 7) is -1.06. The van der Waals surface area contributed by atoms with Crippen molar-refractivity contribution in [3.05, 3.63) is 136 Å². The van der Waals surface area contributed by atoms with Crippen molar-refractivity contribution in [1.82, 2.24) is 29.5 Å². The van der Waals surface area contributed by atoms with Crippen LogP contribution in [0.25, 0.3) is 11.4 Å². The van der Waals surface area contributed by atoms with Crippen molar-refractivity contribution >= 4 is 15.8 Å². The zero-order chi connectivity index (χ0) is 40.7. The Morgan fingerprint density at radius 3 is 1.86 bits per heavy atom. The second-order valence-corrected chi connectivity index (χ2v) is 14.4. The Morgan fingerprint density at radius 1 is 0.807 bits per heavy atom. The fraction of sp³-hybridized carbons (Fsp3) is 0.200. The van der Waals surface area contributed by atoms with Crippen LogP contribution in [0.5, 0.6) is 17.2 Å². The van der Waals surface area contributed by atoms with E-state index in [1.165, 1.54) is 33.6 Å². The first-order valence-corrected chi connectivity index (χ1v) is 18.6. The SMILES string of the molecule is COc1ccc(CN(Cc2ccc(OC)cc2)S(=O)(=O)c2c(C(F)(F)F)ccc(C#Cc3cnc(N)c(CO)c3)c2-c2nnn(Cc3ccc(OC)cc3)n2)cc1. The molecule has 0 spiro atoms. The van der Waals surface area contributed by atoms with E-state index in [4.69, 9.17) is 19.9 Å². The van der Waals surface area contributed by atoms with E-state index < -0.39 is 44.7 Å². The average molecular weight is 800 g/mol. The predicted molar refractivity (Wildman–Crippen MR) is 203 cm³/mol. The molecule has 57 heavy (non-hydrogen) atoms. The zero-order valence-corrected chi connectivity index (χ0v) is 31.7. The van der Waals surface area contributed by atoms with Gasteiger partial charge in [-0.3, -0.25) is 0 Å². The lowest BCUT2D eigenvalue weighted by atomic mass is 10.0. The molecule has 0 saturated heterocycles. The lowest BCUT2D eigenvalue weighted by molar-refractivity contribution is -0.139. The van der Waals surface area contributed by atoms with E-state index in [2.05, 4.69) is 32.2 Å². The van der Waals surface area contributed by atoms with Gasteiger partial charge in [0.15, 0.2) is 0 Å². The van der Waals surface area contributed by atoms with Crippen molar-refractivity contribution in [3.63, 3.8) is 0 Å². The highest BCUT2D eigenvalue weighted by Gasteiger charge is 2.43. The van der Waals surface area contributed by atoms with Crippen molar-refractivity contribution in [2.45, 2.75) is 37.3 Å². The largest absolute Gasteiger partial charge is 0.497 e. The molecule has 0 fully saturated rings. The molecule has 0 aliphatic rings. The molecule has 0 atom stereocenters. The fourth-order valence-corrected chi connectivity index (χ4v) is 7.60. The minimum Gasteiger partial charge on any atom is -0.497 e. The van der Waals surface area contributed by atoms with Crippen LogP contribution >= 0.6 is 0 Å². The number of aromatic nitrogens is 5. The number of nitrogen functional groups attached to an aromatic ring is 1. The summed E-state index contributed by atoms with van der Waals surface area (Å²) >= 11 is 0. The Bertz CT molecular complexity index is 2470. The molecule has 2 heterocycles. The van der Waals surface area contributed by atoms with Crippen molar-refractivity contribution in [1.29, 1.82) is 0 Å². The highest BCUT2D eigenvalue weighted by Crippen LogP contribution is 2.42. The van der Waals surface area contributed by atoms with Gasteiger partial charge < -0.3 is 25.1 Å². The van der Waals surface area contributed by atoms with Gasteiger partial charge in [0.1, 0.15) is 28.0 Å². The summed E-state index contributed by atoms with van der Waals surface area (Å²) in [6, 6.07) is 23.1. The van der Waals surface area contributed by atoms with Crippen LogP contribution in [0.2, 0.25) is 0 Å². The van der Waals surface area contributed by atoms with Crippen molar-refractivity contribution < 1.29 is 40.9 Å². The summed E-state index contributed by atoms with van der Waals surface area (Å²) in [7, 11) is -0.642. The van der Waals surface area contributed by atoms with Gasteiger partial charge in [0.2, 0.25) is 15.8 Å². The van der Waals surface area contributed by atoms with Crippen molar-refractivity contribution in [3.8, 4) is 40.5 Å². The van der Waals surface area contributed by atoms with Crippen molar-refractivity contribution in [2.75, 3.05) is 27.1 Å². The van der Waals surface area contributed by atoms with E-state index in [-0.39, 0.29) is 42.1 Å². The molecule has 0 saturated carbocycles. The van der Waals surface area contributed by atoms with Gasteiger partial charge >= 0.3 is 6.18 Å². The third kappa shape index (κ3) is 9.32. The van der Waals surface area contributed by atoms with Gasteiger partial charge in [0.05, 0.1) is 45.6 Å². The molecule has 0 radical (unpaired) electrons. The molecule has 13 nitrogen and oxygen atoms in total. The number of methoxy groups -OCH3 is 3. The van der Waals surface area contributed by atoms with Gasteiger partial charge in [-0.25, -0.2) is 13.4 Å². The molecule has 6 rings (SSSR count). The standard InChI is InChI=1S/C40H36F3N7O6S/c1-54-32-13-5-26(6-14-32)22-49(23-27-7-15-33(55-2)16-8-27)57(52,53)37-35(40(41,42)43)19-12-30(11-4-29-20-31(25-51)38(44)45-21-29)36(37)39-46-48-50(47-39)24-28-9-17-34(56-3)18-10-28/h5-10,12-21,51H,22-25H2,1-3H3,(H2,44,45). The van der Waals surface area contributed by atoms with Crippen LogP contribution in [0.1, 0.15) is 38.9 Å². The van der Waals surface area contributed by atoms with Gasteiger partial charge in [-0.05, 0) is 76.5 Å². The van der Waals surface area contributed by atoms with Crippen LogP contribution in [0, 0.1) is 11.8 Å². The van der Waals surface area contributed by atoms with Gasteiger partial charge in [0.25, 0.3) is 0 Å². The number of tetrazole rings is 1. The topological polar surface area (TPSA) is 168 Å². The second kappa shape index (κ2) is 17.1. The van der Waals surface area contributed by atoms with Crippen LogP contribution in [0.4, 0.5) is 19.0 Å². The monoisotopic (exact) mass is 799 g/mol. The van der Waals surface area contributed by atoms with Gasteiger partial charge in [-0.15, -0.1) is 10.2 Å². The minimum atomic E-state index is -5.16. The summed E-state index contributed by atoms with van der Waals surface area (Å²) in [4.78, 5) is 4.05. The van der Waals surface area contributed by atoms with Crippen LogP contribution in [0.3, 0.4) is 0 Å². The molecule has 0 unspecified atom stereocenters. The lowest BCUT2D eigenvalue weighted by Crippen LogP contribution is -2.32. The lowest BCUT2D eigenvalue weighted by Gasteiger charge is -2.26. The molecular formula is C40H36F3N7O6S. The molecule has 0 amide bonds. The normalized spacial score (nSPS) is 11.6. The van der Waals surface area contributed by atoms with Crippen LogP contribution in [-0.4, -0.2) is 64.4 Å². The van der Waals surface area contributed by atoms with E-state index in [0.717, 1.165) is 15.2 Å². The van der Waals surface area contributed by atoms with Crippen molar-refractivity contribution in [2.24, 2.45) is 0 Å². The molecule has 0 bridgehead atoms. The predicted octanol–water partition coefficient (Wildman–Crippen LogP) is 5.69. The number of rotatable bonds is 13. The molecule has 6 aromatic rings. The summed E-state index contributed by atoms with van der Waals surface area (Å²) in [5.41, 5.74) is 5.88. The maximum Gasteiger partial charge on any atom is 0.417 e. The number of halogens is 3. The summed E-state index contributed by atoms with van der Waals surface area (Å²) in [5.74, 6) is 6.87. The van der Waals surface area contributed by atoms with Crippen LogP contribution in [0.15, 0.2) is 102 Å². The highest BCUT2D eigenvalue weighted by molar-refractivity contribution is 7.89.